The fourth-order valence-electron chi connectivity index (χ4n) is 2.89. The molecule has 3 rings (SSSR count). The van der Waals surface area contributed by atoms with Gasteiger partial charge in [-0.25, -0.2) is 0 Å². The molecule has 0 saturated heterocycles. The van der Waals surface area contributed by atoms with Gasteiger partial charge in [-0.1, -0.05) is 12.1 Å². The van der Waals surface area contributed by atoms with E-state index in [0.717, 1.165) is 22.6 Å². The molecule has 2 aromatic rings. The minimum atomic E-state index is -0.368. The van der Waals surface area contributed by atoms with Gasteiger partial charge in [0.25, 0.3) is 0 Å². The predicted molar refractivity (Wildman–Crippen MR) is 97.8 cm³/mol. The lowest BCUT2D eigenvalue weighted by molar-refractivity contribution is 0.0989. The summed E-state index contributed by atoms with van der Waals surface area (Å²) < 4.78 is 16.6. The molecule has 0 radical (unpaired) electrons. The van der Waals surface area contributed by atoms with Crippen molar-refractivity contribution in [3.05, 3.63) is 59.2 Å². The topological polar surface area (TPSA) is 44.8 Å². The highest BCUT2D eigenvalue weighted by Crippen LogP contribution is 2.39. The van der Waals surface area contributed by atoms with E-state index in [4.69, 9.17) is 14.2 Å². The summed E-state index contributed by atoms with van der Waals surface area (Å²) in [6.45, 7) is 3.98. The second-order valence-corrected chi connectivity index (χ2v) is 6.55. The SMILES string of the molecule is COc1ccc(CC(=O)c2ccc3c(c2OC)C=CC(C)(C)O3)cc1. The standard InChI is InChI=1S/C21H22O4/c1-21(2)12-11-17-19(25-21)10-9-16(20(17)24-4)18(22)13-14-5-7-15(23-3)8-6-14/h5-12H,13H2,1-4H3. The average Bonchev–Trinajstić information content (AvgIpc) is 2.60. The van der Waals surface area contributed by atoms with Gasteiger partial charge in [0, 0.05) is 6.42 Å². The molecule has 0 aromatic heterocycles. The molecule has 4 heteroatoms. The molecule has 0 bridgehead atoms. The van der Waals surface area contributed by atoms with Crippen LogP contribution in [0.25, 0.3) is 6.08 Å². The van der Waals surface area contributed by atoms with Gasteiger partial charge < -0.3 is 14.2 Å². The maximum Gasteiger partial charge on any atom is 0.170 e. The van der Waals surface area contributed by atoms with Crippen molar-refractivity contribution < 1.29 is 19.0 Å². The Bertz CT molecular complexity index is 817. The van der Waals surface area contributed by atoms with Gasteiger partial charge in [0.1, 0.15) is 22.8 Å². The van der Waals surface area contributed by atoms with Gasteiger partial charge in [-0.3, -0.25) is 4.79 Å². The van der Waals surface area contributed by atoms with Crippen LogP contribution in [0.4, 0.5) is 0 Å². The summed E-state index contributed by atoms with van der Waals surface area (Å²) in [5, 5.41) is 0. The van der Waals surface area contributed by atoms with Crippen LogP contribution in [0.3, 0.4) is 0 Å². The summed E-state index contributed by atoms with van der Waals surface area (Å²) in [4.78, 5) is 12.8. The van der Waals surface area contributed by atoms with E-state index in [0.29, 0.717) is 17.7 Å². The Kier molecular flexibility index (Phi) is 4.53. The molecule has 2 aromatic carbocycles. The van der Waals surface area contributed by atoms with Gasteiger partial charge in [-0.15, -0.1) is 0 Å². The zero-order valence-electron chi connectivity index (χ0n) is 15.0. The van der Waals surface area contributed by atoms with Gasteiger partial charge in [0.15, 0.2) is 5.78 Å². The second kappa shape index (κ2) is 6.63. The number of ketones is 1. The van der Waals surface area contributed by atoms with Crippen LogP contribution >= 0.6 is 0 Å². The maximum atomic E-state index is 12.8. The number of hydrogen-bond acceptors (Lipinski definition) is 4. The van der Waals surface area contributed by atoms with Gasteiger partial charge >= 0.3 is 0 Å². The second-order valence-electron chi connectivity index (χ2n) is 6.55. The molecule has 0 aliphatic carbocycles. The van der Waals surface area contributed by atoms with Crippen molar-refractivity contribution in [3.8, 4) is 17.2 Å². The summed E-state index contributed by atoms with van der Waals surface area (Å²) in [5.41, 5.74) is 1.93. The van der Waals surface area contributed by atoms with E-state index in [9.17, 15) is 4.79 Å². The van der Waals surface area contributed by atoms with E-state index in [1.807, 2.05) is 56.3 Å². The largest absolute Gasteiger partial charge is 0.497 e. The van der Waals surface area contributed by atoms with Crippen molar-refractivity contribution in [1.82, 2.24) is 0 Å². The molecule has 1 aliphatic rings. The number of rotatable bonds is 5. The summed E-state index contributed by atoms with van der Waals surface area (Å²) in [5.74, 6) is 2.06. The monoisotopic (exact) mass is 338 g/mol. The number of carbonyl (C=O) groups excluding carboxylic acids is 1. The molecule has 0 N–H and O–H groups in total. The van der Waals surface area contributed by atoms with Crippen LogP contribution in [0.15, 0.2) is 42.5 Å². The Hall–Kier alpha value is -2.75. The number of fused-ring (bicyclic) bond motifs is 1. The Balaban J connectivity index is 1.90. The van der Waals surface area contributed by atoms with Crippen molar-refractivity contribution in [2.75, 3.05) is 14.2 Å². The lowest BCUT2D eigenvalue weighted by Gasteiger charge is -2.29. The average molecular weight is 338 g/mol. The van der Waals surface area contributed by atoms with Gasteiger partial charge in [0.05, 0.1) is 25.3 Å². The smallest absolute Gasteiger partial charge is 0.170 e. The van der Waals surface area contributed by atoms with Crippen molar-refractivity contribution in [2.24, 2.45) is 0 Å². The first-order valence-corrected chi connectivity index (χ1v) is 8.19. The van der Waals surface area contributed by atoms with Gasteiger partial charge in [-0.05, 0) is 55.8 Å². The van der Waals surface area contributed by atoms with Crippen LogP contribution in [0.2, 0.25) is 0 Å². The number of ether oxygens (including phenoxy) is 3. The summed E-state index contributed by atoms with van der Waals surface area (Å²) in [6.07, 6.45) is 4.23. The van der Waals surface area contributed by atoms with Crippen molar-refractivity contribution >= 4 is 11.9 Å². The molecular formula is C21H22O4. The molecule has 0 fully saturated rings. The van der Waals surface area contributed by atoms with Crippen LogP contribution in [-0.2, 0) is 6.42 Å². The molecule has 25 heavy (non-hydrogen) atoms. The van der Waals surface area contributed by atoms with E-state index in [1.54, 1.807) is 20.3 Å². The molecule has 1 heterocycles. The Morgan fingerprint density at radius 2 is 1.76 bits per heavy atom. The fourth-order valence-corrected chi connectivity index (χ4v) is 2.89. The van der Waals surface area contributed by atoms with Gasteiger partial charge in [-0.2, -0.15) is 0 Å². The van der Waals surface area contributed by atoms with E-state index >= 15 is 0 Å². The summed E-state index contributed by atoms with van der Waals surface area (Å²) >= 11 is 0. The highest BCUT2D eigenvalue weighted by molar-refractivity contribution is 6.01. The first-order chi connectivity index (χ1) is 11.9. The number of carbonyl (C=O) groups is 1. The molecule has 4 nitrogen and oxygen atoms in total. The molecule has 0 spiro atoms. The third-order valence-electron chi connectivity index (χ3n) is 4.21. The minimum Gasteiger partial charge on any atom is -0.497 e. The van der Waals surface area contributed by atoms with Crippen LogP contribution in [-0.4, -0.2) is 25.6 Å². The zero-order chi connectivity index (χ0) is 18.0. The highest BCUT2D eigenvalue weighted by Gasteiger charge is 2.26. The third-order valence-corrected chi connectivity index (χ3v) is 4.21. The van der Waals surface area contributed by atoms with Crippen LogP contribution in [0, 0.1) is 0 Å². The molecule has 130 valence electrons. The van der Waals surface area contributed by atoms with E-state index in [-0.39, 0.29) is 11.4 Å². The van der Waals surface area contributed by atoms with Crippen LogP contribution in [0.5, 0.6) is 17.2 Å². The lowest BCUT2D eigenvalue weighted by Crippen LogP contribution is -2.27. The Morgan fingerprint density at radius 1 is 1.04 bits per heavy atom. The number of hydrogen-bond donors (Lipinski definition) is 0. The first-order valence-electron chi connectivity index (χ1n) is 8.19. The van der Waals surface area contributed by atoms with Gasteiger partial charge in [0.2, 0.25) is 0 Å². The van der Waals surface area contributed by atoms with Crippen molar-refractivity contribution in [3.63, 3.8) is 0 Å². The predicted octanol–water partition coefficient (Wildman–Crippen LogP) is 4.31. The zero-order valence-corrected chi connectivity index (χ0v) is 15.0. The number of methoxy groups -OCH3 is 2. The fraction of sp³-hybridized carbons (Fsp3) is 0.286. The van der Waals surface area contributed by atoms with Crippen LogP contribution < -0.4 is 14.2 Å². The number of benzene rings is 2. The minimum absolute atomic E-state index is 0.00282. The van der Waals surface area contributed by atoms with E-state index < -0.39 is 0 Å². The van der Waals surface area contributed by atoms with Crippen molar-refractivity contribution in [1.29, 1.82) is 0 Å². The normalized spacial score (nSPS) is 14.4. The third kappa shape index (κ3) is 3.53. The molecule has 0 saturated carbocycles. The molecule has 0 unspecified atom stereocenters. The first kappa shape index (κ1) is 17.1. The number of Topliss-reactive ketones (excluding diaryl/α,β-unsaturated/α-hetero) is 1. The van der Waals surface area contributed by atoms with Crippen molar-refractivity contribution in [2.45, 2.75) is 25.9 Å². The quantitative estimate of drug-likeness (QED) is 0.762. The molecule has 1 aliphatic heterocycles. The van der Waals surface area contributed by atoms with E-state index in [1.165, 1.54) is 0 Å². The lowest BCUT2D eigenvalue weighted by atomic mass is 9.96. The summed E-state index contributed by atoms with van der Waals surface area (Å²) in [7, 11) is 3.20. The highest BCUT2D eigenvalue weighted by atomic mass is 16.5. The van der Waals surface area contributed by atoms with Crippen LogP contribution in [0.1, 0.15) is 35.3 Å². The Labute approximate surface area is 148 Å². The summed E-state index contributed by atoms with van der Waals surface area (Å²) in [6, 6.07) is 11.1. The Morgan fingerprint density at radius 3 is 2.40 bits per heavy atom. The molecular weight excluding hydrogens is 316 g/mol. The molecule has 0 atom stereocenters. The van der Waals surface area contributed by atoms with E-state index in [2.05, 4.69) is 0 Å². The molecule has 0 amide bonds. The maximum absolute atomic E-state index is 12.8.